The molecule has 0 amide bonds. The zero-order valence-corrected chi connectivity index (χ0v) is 26.6. The van der Waals surface area contributed by atoms with Crippen molar-refractivity contribution in [3.8, 4) is 34.4 Å². The maximum absolute atomic E-state index is 7.89. The summed E-state index contributed by atoms with van der Waals surface area (Å²) < 4.78 is 10.6. The molecule has 0 unspecified atom stereocenters. The SMILES string of the molecule is [C-]#[N+]c1cc(Oc2ccc3c4ccccc4n(-c4ccccn4)c3c2)cc(-c2nc(C)nn2-c2c(C(C)C)cccc2C(C)C)c1. The molecule has 3 heterocycles. The fourth-order valence-corrected chi connectivity index (χ4v) is 6.23. The first kappa shape index (κ1) is 29.0. The van der Waals surface area contributed by atoms with Crippen molar-refractivity contribution in [2.24, 2.45) is 0 Å². The summed E-state index contributed by atoms with van der Waals surface area (Å²) in [5, 5.41) is 7.14. The molecule has 0 radical (unpaired) electrons. The molecule has 0 atom stereocenters. The number of para-hydroxylation sites is 2. The molecule has 0 fully saturated rings. The molecule has 7 aromatic rings. The van der Waals surface area contributed by atoms with E-state index in [4.69, 9.17) is 21.4 Å². The van der Waals surface area contributed by atoms with Gasteiger partial charge >= 0.3 is 0 Å². The molecule has 0 spiro atoms. The van der Waals surface area contributed by atoms with Gasteiger partial charge in [0.15, 0.2) is 11.5 Å². The van der Waals surface area contributed by atoms with E-state index in [0.717, 1.165) is 38.9 Å². The Hall–Kier alpha value is -5.74. The Morgan fingerprint density at radius 3 is 2.20 bits per heavy atom. The second-order valence-electron chi connectivity index (χ2n) is 12.1. The number of benzene rings is 4. The zero-order chi connectivity index (χ0) is 31.9. The molecule has 46 heavy (non-hydrogen) atoms. The maximum Gasteiger partial charge on any atom is 0.191 e. The normalized spacial score (nSPS) is 11.5. The van der Waals surface area contributed by atoms with E-state index in [1.807, 2.05) is 60.1 Å². The van der Waals surface area contributed by atoms with Gasteiger partial charge in [-0.25, -0.2) is 19.5 Å². The first-order valence-corrected chi connectivity index (χ1v) is 15.5. The largest absolute Gasteiger partial charge is 0.459 e. The van der Waals surface area contributed by atoms with Crippen LogP contribution in [0.15, 0.2) is 103 Å². The summed E-state index contributed by atoms with van der Waals surface area (Å²) in [6.07, 6.45) is 1.80. The number of pyridine rings is 1. The molecule has 0 saturated carbocycles. The van der Waals surface area contributed by atoms with Gasteiger partial charge in [0, 0.05) is 28.6 Å². The van der Waals surface area contributed by atoms with Crippen LogP contribution in [0.25, 0.3) is 49.5 Å². The van der Waals surface area contributed by atoms with Crippen molar-refractivity contribution in [1.82, 2.24) is 24.3 Å². The smallest absolute Gasteiger partial charge is 0.191 e. The molecule has 0 saturated heterocycles. The summed E-state index contributed by atoms with van der Waals surface area (Å²) in [4.78, 5) is 13.3. The molecule has 0 aliphatic carbocycles. The Morgan fingerprint density at radius 2 is 1.48 bits per heavy atom. The minimum Gasteiger partial charge on any atom is -0.459 e. The van der Waals surface area contributed by atoms with Gasteiger partial charge < -0.3 is 4.74 Å². The Labute approximate surface area is 268 Å². The maximum atomic E-state index is 7.89. The van der Waals surface area contributed by atoms with Gasteiger partial charge in [-0.05, 0) is 78.4 Å². The number of aryl methyl sites for hydroxylation is 1. The lowest BCUT2D eigenvalue weighted by Crippen LogP contribution is -2.10. The Kier molecular flexibility index (Phi) is 7.34. The van der Waals surface area contributed by atoms with E-state index in [2.05, 4.69) is 84.6 Å². The molecule has 3 aromatic heterocycles. The van der Waals surface area contributed by atoms with Crippen molar-refractivity contribution in [1.29, 1.82) is 0 Å². The van der Waals surface area contributed by atoms with Crippen LogP contribution in [0.4, 0.5) is 5.69 Å². The standard InChI is InChI=1S/C39H34N6O/c1-24(2)31-13-11-14-32(25(3)4)38(31)45-39(42-26(5)43-45)27-20-28(40-6)22-30(21-27)46-29-17-18-34-33-12-7-8-15-35(33)44(36(34)23-29)37-16-9-10-19-41-37/h7-25H,1-5H3. The van der Waals surface area contributed by atoms with Crippen LogP contribution in [0.3, 0.4) is 0 Å². The third-order valence-corrected chi connectivity index (χ3v) is 8.31. The first-order valence-electron chi connectivity index (χ1n) is 15.5. The van der Waals surface area contributed by atoms with E-state index in [1.165, 1.54) is 11.1 Å². The van der Waals surface area contributed by atoms with E-state index in [1.54, 1.807) is 12.3 Å². The van der Waals surface area contributed by atoms with Crippen LogP contribution in [0.5, 0.6) is 11.5 Å². The Bertz CT molecular complexity index is 2240. The van der Waals surface area contributed by atoms with E-state index < -0.39 is 0 Å². The summed E-state index contributed by atoms with van der Waals surface area (Å²) >= 11 is 0. The molecule has 0 aliphatic rings. The zero-order valence-electron chi connectivity index (χ0n) is 26.6. The average molecular weight is 603 g/mol. The number of nitrogens with zero attached hydrogens (tertiary/aromatic N) is 6. The fraction of sp³-hybridized carbons (Fsp3) is 0.179. The highest BCUT2D eigenvalue weighted by Crippen LogP contribution is 2.38. The predicted molar refractivity (Wildman–Crippen MR) is 185 cm³/mol. The third-order valence-electron chi connectivity index (χ3n) is 8.31. The van der Waals surface area contributed by atoms with Crippen LogP contribution in [0, 0.1) is 13.5 Å². The van der Waals surface area contributed by atoms with Gasteiger partial charge in [0.25, 0.3) is 0 Å². The van der Waals surface area contributed by atoms with Gasteiger partial charge in [-0.2, -0.15) is 5.10 Å². The quantitative estimate of drug-likeness (QED) is 0.170. The lowest BCUT2D eigenvalue weighted by molar-refractivity contribution is 0.484. The van der Waals surface area contributed by atoms with Crippen LogP contribution in [-0.4, -0.2) is 24.3 Å². The summed E-state index contributed by atoms with van der Waals surface area (Å²) in [7, 11) is 0. The first-order chi connectivity index (χ1) is 22.3. The molecule has 4 aromatic carbocycles. The Balaban J connectivity index is 1.36. The molecule has 7 heteroatoms. The number of aromatic nitrogens is 5. The van der Waals surface area contributed by atoms with Crippen molar-refractivity contribution in [3.63, 3.8) is 0 Å². The summed E-state index contributed by atoms with van der Waals surface area (Å²) in [5.41, 5.74) is 6.74. The van der Waals surface area contributed by atoms with E-state index >= 15 is 0 Å². The number of hydrogen-bond donors (Lipinski definition) is 0. The second kappa shape index (κ2) is 11.6. The van der Waals surface area contributed by atoms with Crippen LogP contribution < -0.4 is 4.74 Å². The minimum absolute atomic E-state index is 0.288. The topological polar surface area (TPSA) is 62.1 Å². The predicted octanol–water partition coefficient (Wildman–Crippen LogP) is 10.3. The monoisotopic (exact) mass is 602 g/mol. The van der Waals surface area contributed by atoms with Gasteiger partial charge in [0.05, 0.1) is 23.3 Å². The molecule has 0 bridgehead atoms. The number of fused-ring (bicyclic) bond motifs is 3. The van der Waals surface area contributed by atoms with Gasteiger partial charge in [-0.3, -0.25) is 4.57 Å². The van der Waals surface area contributed by atoms with E-state index in [-0.39, 0.29) is 11.8 Å². The van der Waals surface area contributed by atoms with Crippen LogP contribution >= 0.6 is 0 Å². The number of hydrogen-bond acceptors (Lipinski definition) is 4. The van der Waals surface area contributed by atoms with Crippen molar-refractivity contribution in [2.75, 3.05) is 0 Å². The van der Waals surface area contributed by atoms with Gasteiger partial charge in [-0.15, -0.1) is 0 Å². The second-order valence-corrected chi connectivity index (χ2v) is 12.1. The fourth-order valence-electron chi connectivity index (χ4n) is 6.23. The third kappa shape index (κ3) is 5.08. The molecular formula is C39H34N6O. The van der Waals surface area contributed by atoms with E-state index in [0.29, 0.717) is 28.8 Å². The molecule has 7 nitrogen and oxygen atoms in total. The van der Waals surface area contributed by atoms with Crippen molar-refractivity contribution in [2.45, 2.75) is 46.5 Å². The molecular weight excluding hydrogens is 568 g/mol. The van der Waals surface area contributed by atoms with Crippen molar-refractivity contribution in [3.05, 3.63) is 132 Å². The van der Waals surface area contributed by atoms with Gasteiger partial charge in [-0.1, -0.05) is 70.2 Å². The van der Waals surface area contributed by atoms with Crippen molar-refractivity contribution < 1.29 is 4.74 Å². The summed E-state index contributed by atoms with van der Waals surface area (Å²) in [5.74, 6) is 3.95. The molecule has 0 aliphatic heterocycles. The molecule has 226 valence electrons. The van der Waals surface area contributed by atoms with Gasteiger partial charge in [0.2, 0.25) is 0 Å². The molecule has 0 N–H and O–H groups in total. The minimum atomic E-state index is 0.288. The van der Waals surface area contributed by atoms with Crippen LogP contribution in [0.1, 0.15) is 56.5 Å². The van der Waals surface area contributed by atoms with Gasteiger partial charge in [0.1, 0.15) is 23.1 Å². The highest BCUT2D eigenvalue weighted by Gasteiger charge is 2.22. The number of rotatable bonds is 7. The average Bonchev–Trinajstić information content (AvgIpc) is 3.62. The lowest BCUT2D eigenvalue weighted by Gasteiger charge is -2.20. The van der Waals surface area contributed by atoms with E-state index in [9.17, 15) is 0 Å². The summed E-state index contributed by atoms with van der Waals surface area (Å²) in [6, 6.07) is 32.4. The number of ether oxygens (including phenoxy) is 1. The highest BCUT2D eigenvalue weighted by atomic mass is 16.5. The highest BCUT2D eigenvalue weighted by molar-refractivity contribution is 6.09. The van der Waals surface area contributed by atoms with Crippen LogP contribution in [0.2, 0.25) is 0 Å². The lowest BCUT2D eigenvalue weighted by atomic mass is 9.92. The van der Waals surface area contributed by atoms with Crippen molar-refractivity contribution >= 4 is 27.5 Å². The van der Waals surface area contributed by atoms with Crippen LogP contribution in [-0.2, 0) is 0 Å². The summed E-state index contributed by atoms with van der Waals surface area (Å²) in [6.45, 7) is 18.6. The Morgan fingerprint density at radius 1 is 0.739 bits per heavy atom. The molecule has 7 rings (SSSR count).